The van der Waals surface area contributed by atoms with Gasteiger partial charge in [-0.25, -0.2) is 0 Å². The van der Waals surface area contributed by atoms with Crippen molar-refractivity contribution in [1.29, 1.82) is 0 Å². The lowest BCUT2D eigenvalue weighted by Gasteiger charge is -2.42. The first-order valence-electron chi connectivity index (χ1n) is 11.1. The molecule has 4 heteroatoms. The molecular weight excluding hydrogens is 402 g/mol. The maximum atomic E-state index is 12.1. The van der Waals surface area contributed by atoms with Crippen molar-refractivity contribution < 1.29 is 9.53 Å². The molecule has 1 aliphatic heterocycles. The number of carbonyl (C=O) groups excluding carboxylic acids is 1. The van der Waals surface area contributed by atoms with E-state index in [9.17, 15) is 4.79 Å². The highest BCUT2D eigenvalue weighted by Gasteiger charge is 2.38. The van der Waals surface area contributed by atoms with Crippen LogP contribution in [0.4, 0.5) is 0 Å². The SMILES string of the molecule is CCc1cc2c(cc1C#Cc1cncc(OC(=O)C(C)CC)c1)C(C)(C)CC(C)(C)S2. The average Bonchev–Trinajstić information content (AvgIpc) is 2.70. The predicted molar refractivity (Wildman–Crippen MR) is 129 cm³/mol. The first-order chi connectivity index (χ1) is 14.5. The van der Waals surface area contributed by atoms with E-state index in [0.29, 0.717) is 5.75 Å². The molecule has 3 rings (SSSR count). The summed E-state index contributed by atoms with van der Waals surface area (Å²) in [5, 5.41) is 0. The van der Waals surface area contributed by atoms with Crippen LogP contribution in [0, 0.1) is 17.8 Å². The Morgan fingerprint density at radius 1 is 1.16 bits per heavy atom. The minimum atomic E-state index is -0.236. The molecule has 0 radical (unpaired) electrons. The van der Waals surface area contributed by atoms with Gasteiger partial charge in [-0.3, -0.25) is 9.78 Å². The minimum Gasteiger partial charge on any atom is -0.425 e. The standard InChI is InChI=1S/C27H33NO2S/c1-8-18(3)25(29)30-22-12-19(15-28-16-22)10-11-21-13-23-24(14-20(21)9-2)31-27(6,7)17-26(23,4)5/h12-16,18H,8-9,17H2,1-7H3. The fourth-order valence-corrected chi connectivity index (χ4v) is 5.88. The predicted octanol–water partition coefficient (Wildman–Crippen LogP) is 6.55. The highest BCUT2D eigenvalue weighted by atomic mass is 32.2. The van der Waals surface area contributed by atoms with Gasteiger partial charge in [-0.1, -0.05) is 60.3 Å². The van der Waals surface area contributed by atoms with Gasteiger partial charge in [-0.15, -0.1) is 11.8 Å². The van der Waals surface area contributed by atoms with Crippen molar-refractivity contribution in [3.63, 3.8) is 0 Å². The molecule has 0 aliphatic carbocycles. The molecule has 2 heterocycles. The molecule has 2 aromatic rings. The fourth-order valence-electron chi connectivity index (χ4n) is 4.20. The zero-order valence-electron chi connectivity index (χ0n) is 19.8. The van der Waals surface area contributed by atoms with Crippen LogP contribution in [0.3, 0.4) is 0 Å². The van der Waals surface area contributed by atoms with E-state index < -0.39 is 0 Å². The lowest BCUT2D eigenvalue weighted by molar-refractivity contribution is -0.138. The van der Waals surface area contributed by atoms with Crippen LogP contribution >= 0.6 is 11.8 Å². The quantitative estimate of drug-likeness (QED) is 0.403. The molecule has 0 fully saturated rings. The Hall–Kier alpha value is -2.25. The Labute approximate surface area is 191 Å². The molecule has 0 N–H and O–H groups in total. The number of hydrogen-bond donors (Lipinski definition) is 0. The Bertz CT molecular complexity index is 1040. The topological polar surface area (TPSA) is 39.2 Å². The van der Waals surface area contributed by atoms with Crippen molar-refractivity contribution in [2.75, 3.05) is 0 Å². The van der Waals surface area contributed by atoms with E-state index >= 15 is 0 Å². The van der Waals surface area contributed by atoms with Gasteiger partial charge in [0.05, 0.1) is 12.1 Å². The molecule has 1 aromatic carbocycles. The molecule has 0 spiro atoms. The van der Waals surface area contributed by atoms with Crippen molar-refractivity contribution in [3.8, 4) is 17.6 Å². The molecule has 1 aromatic heterocycles. The number of carbonyl (C=O) groups is 1. The number of ether oxygens (including phenoxy) is 1. The number of benzene rings is 1. The largest absolute Gasteiger partial charge is 0.425 e. The van der Waals surface area contributed by atoms with Gasteiger partial charge in [0, 0.05) is 27.0 Å². The lowest BCUT2D eigenvalue weighted by Crippen LogP contribution is -2.33. The summed E-state index contributed by atoms with van der Waals surface area (Å²) in [6.07, 6.45) is 6.08. The smallest absolute Gasteiger partial charge is 0.314 e. The number of nitrogens with zero attached hydrogens (tertiary/aromatic N) is 1. The van der Waals surface area contributed by atoms with Gasteiger partial charge in [0.2, 0.25) is 0 Å². The summed E-state index contributed by atoms with van der Waals surface area (Å²) in [5.74, 6) is 6.67. The Morgan fingerprint density at radius 3 is 2.58 bits per heavy atom. The second-order valence-corrected chi connectivity index (χ2v) is 11.4. The number of esters is 1. The van der Waals surface area contributed by atoms with Gasteiger partial charge in [-0.05, 0) is 54.0 Å². The summed E-state index contributed by atoms with van der Waals surface area (Å²) in [7, 11) is 0. The number of fused-ring (bicyclic) bond motifs is 1. The van der Waals surface area contributed by atoms with Crippen LogP contribution in [0.15, 0.2) is 35.5 Å². The summed E-state index contributed by atoms with van der Waals surface area (Å²) in [5.41, 5.74) is 4.56. The third-order valence-corrected chi connectivity index (χ3v) is 7.11. The fraction of sp³-hybridized carbons (Fsp3) is 0.481. The summed E-state index contributed by atoms with van der Waals surface area (Å²) in [4.78, 5) is 17.7. The van der Waals surface area contributed by atoms with Crippen molar-refractivity contribution in [2.45, 2.75) is 82.8 Å². The first kappa shape index (κ1) is 23.4. The van der Waals surface area contributed by atoms with E-state index in [1.807, 2.05) is 25.6 Å². The first-order valence-corrected chi connectivity index (χ1v) is 11.9. The number of aryl methyl sites for hydroxylation is 1. The summed E-state index contributed by atoms with van der Waals surface area (Å²) in [6, 6.07) is 6.39. The maximum absolute atomic E-state index is 12.1. The van der Waals surface area contributed by atoms with E-state index in [-0.39, 0.29) is 22.0 Å². The van der Waals surface area contributed by atoms with Gasteiger partial charge in [-0.2, -0.15) is 0 Å². The number of pyridine rings is 1. The molecular formula is C27H33NO2S. The van der Waals surface area contributed by atoms with Crippen molar-refractivity contribution in [3.05, 3.63) is 52.8 Å². The van der Waals surface area contributed by atoms with Gasteiger partial charge < -0.3 is 4.74 Å². The molecule has 0 saturated heterocycles. The molecule has 0 amide bonds. The second kappa shape index (κ2) is 9.09. The summed E-state index contributed by atoms with van der Waals surface area (Å²) in [6.45, 7) is 15.3. The summed E-state index contributed by atoms with van der Waals surface area (Å²) >= 11 is 1.97. The van der Waals surface area contributed by atoms with Crippen LogP contribution in [-0.4, -0.2) is 15.7 Å². The number of thioether (sulfide) groups is 1. The minimum absolute atomic E-state index is 0.110. The molecule has 3 nitrogen and oxygen atoms in total. The van der Waals surface area contributed by atoms with Gasteiger partial charge in [0.1, 0.15) is 5.75 Å². The van der Waals surface area contributed by atoms with Crippen LogP contribution in [0.25, 0.3) is 0 Å². The van der Waals surface area contributed by atoms with Crippen LogP contribution < -0.4 is 4.74 Å². The van der Waals surface area contributed by atoms with Crippen LogP contribution in [-0.2, 0) is 16.6 Å². The van der Waals surface area contributed by atoms with Gasteiger partial charge >= 0.3 is 5.97 Å². The molecule has 31 heavy (non-hydrogen) atoms. The lowest BCUT2D eigenvalue weighted by atomic mass is 9.76. The highest BCUT2D eigenvalue weighted by molar-refractivity contribution is 8.00. The average molecular weight is 436 g/mol. The van der Waals surface area contributed by atoms with Crippen molar-refractivity contribution >= 4 is 17.7 Å². The van der Waals surface area contributed by atoms with Gasteiger partial charge in [0.15, 0.2) is 0 Å². The molecule has 0 bridgehead atoms. The Kier molecular flexibility index (Phi) is 6.86. The van der Waals surface area contributed by atoms with E-state index in [2.05, 4.69) is 63.6 Å². The molecule has 1 aliphatic rings. The van der Waals surface area contributed by atoms with E-state index in [1.165, 1.54) is 16.0 Å². The molecule has 1 atom stereocenters. The van der Waals surface area contributed by atoms with Crippen LogP contribution in [0.2, 0.25) is 0 Å². The van der Waals surface area contributed by atoms with Crippen molar-refractivity contribution in [2.24, 2.45) is 5.92 Å². The number of aromatic nitrogens is 1. The summed E-state index contributed by atoms with van der Waals surface area (Å²) < 4.78 is 5.68. The second-order valence-electron chi connectivity index (χ2n) is 9.67. The van der Waals surface area contributed by atoms with E-state index in [0.717, 1.165) is 30.4 Å². The van der Waals surface area contributed by atoms with E-state index in [1.54, 1.807) is 18.5 Å². The zero-order valence-corrected chi connectivity index (χ0v) is 20.6. The monoisotopic (exact) mass is 435 g/mol. The normalized spacial score (nSPS) is 17.1. The number of hydrogen-bond acceptors (Lipinski definition) is 4. The Balaban J connectivity index is 1.93. The van der Waals surface area contributed by atoms with E-state index in [4.69, 9.17) is 4.74 Å². The van der Waals surface area contributed by atoms with Gasteiger partial charge in [0.25, 0.3) is 0 Å². The third kappa shape index (κ3) is 5.52. The number of rotatable bonds is 4. The van der Waals surface area contributed by atoms with Crippen LogP contribution in [0.1, 0.15) is 83.6 Å². The van der Waals surface area contributed by atoms with Crippen LogP contribution in [0.5, 0.6) is 5.75 Å². The molecule has 0 saturated carbocycles. The highest BCUT2D eigenvalue weighted by Crippen LogP contribution is 2.51. The molecule has 164 valence electrons. The van der Waals surface area contributed by atoms with Crippen molar-refractivity contribution in [1.82, 2.24) is 4.98 Å². The Morgan fingerprint density at radius 2 is 1.90 bits per heavy atom. The molecule has 1 unspecified atom stereocenters. The third-order valence-electron chi connectivity index (χ3n) is 5.86. The zero-order chi connectivity index (χ0) is 22.8. The maximum Gasteiger partial charge on any atom is 0.314 e.